The minimum absolute atomic E-state index is 0.00111. The number of rotatable bonds is 8. The van der Waals surface area contributed by atoms with Crippen molar-refractivity contribution in [2.75, 3.05) is 38.7 Å². The monoisotopic (exact) mass is 426 g/mol. The lowest BCUT2D eigenvalue weighted by atomic mass is 10.1. The molecule has 1 aliphatic heterocycles. The molecule has 1 fully saturated rings. The number of anilines is 2. The summed E-state index contributed by atoms with van der Waals surface area (Å²) in [5.41, 5.74) is 1.64. The van der Waals surface area contributed by atoms with Gasteiger partial charge in [-0.3, -0.25) is 0 Å². The van der Waals surface area contributed by atoms with Crippen LogP contribution in [0.4, 0.5) is 15.8 Å². The molecule has 8 heteroatoms. The number of phenols is 1. The lowest BCUT2D eigenvalue weighted by Crippen LogP contribution is -2.21. The Hall–Kier alpha value is -3.13. The first-order valence-corrected chi connectivity index (χ1v) is 10.5. The van der Waals surface area contributed by atoms with Gasteiger partial charge in [-0.1, -0.05) is 0 Å². The first kappa shape index (κ1) is 21.1. The van der Waals surface area contributed by atoms with Crippen LogP contribution in [0.15, 0.2) is 30.3 Å². The molecule has 1 aromatic heterocycles. The van der Waals surface area contributed by atoms with Crippen LogP contribution in [0, 0.1) is 12.7 Å². The van der Waals surface area contributed by atoms with Crippen molar-refractivity contribution in [3.8, 4) is 17.4 Å². The summed E-state index contributed by atoms with van der Waals surface area (Å²) in [7, 11) is 1.47. The fourth-order valence-electron chi connectivity index (χ4n) is 3.80. The Labute approximate surface area is 180 Å². The molecule has 164 valence electrons. The van der Waals surface area contributed by atoms with Gasteiger partial charge >= 0.3 is 0 Å². The number of ether oxygens (including phenoxy) is 2. The van der Waals surface area contributed by atoms with Gasteiger partial charge < -0.3 is 24.8 Å². The number of methoxy groups -OCH3 is 1. The number of hydrogen-bond donors (Lipinski definition) is 2. The highest BCUT2D eigenvalue weighted by molar-refractivity contribution is 5.95. The van der Waals surface area contributed by atoms with Gasteiger partial charge in [0.2, 0.25) is 0 Å². The number of hydrogen-bond acceptors (Lipinski definition) is 7. The molecule has 0 aliphatic carbocycles. The summed E-state index contributed by atoms with van der Waals surface area (Å²) in [5, 5.41) is 22.0. The molecule has 2 heterocycles. The predicted octanol–water partition coefficient (Wildman–Crippen LogP) is 4.40. The third-order valence-corrected chi connectivity index (χ3v) is 5.53. The number of nitrogens with one attached hydrogen (secondary N) is 1. The molecule has 4 rings (SSSR count). The number of aromatic hydroxyl groups is 1. The van der Waals surface area contributed by atoms with Crippen LogP contribution in [-0.4, -0.2) is 53.6 Å². The van der Waals surface area contributed by atoms with Crippen molar-refractivity contribution >= 4 is 22.3 Å². The number of benzene rings is 2. The summed E-state index contributed by atoms with van der Waals surface area (Å²) in [6, 6.07) is 8.12. The van der Waals surface area contributed by atoms with Crippen LogP contribution >= 0.6 is 0 Å². The molecular formula is C23H27FN4O3. The summed E-state index contributed by atoms with van der Waals surface area (Å²) in [5.74, 6) is 0.448. The maximum Gasteiger partial charge on any atom is 0.257 e. The zero-order chi connectivity index (χ0) is 21.8. The van der Waals surface area contributed by atoms with Gasteiger partial charge in [-0.15, -0.1) is 10.2 Å². The average molecular weight is 426 g/mol. The van der Waals surface area contributed by atoms with E-state index in [0.29, 0.717) is 34.5 Å². The minimum atomic E-state index is -0.486. The van der Waals surface area contributed by atoms with E-state index >= 15 is 0 Å². The van der Waals surface area contributed by atoms with Gasteiger partial charge in [-0.2, -0.15) is 0 Å². The molecule has 0 saturated carbocycles. The summed E-state index contributed by atoms with van der Waals surface area (Å²) in [6.07, 6.45) is 3.54. The molecule has 2 N–H and O–H groups in total. The van der Waals surface area contributed by atoms with Crippen LogP contribution in [-0.2, 0) is 0 Å². The number of phenolic OH excluding ortho intramolecular Hbond substituents is 1. The number of aryl methyl sites for hydroxylation is 1. The smallest absolute Gasteiger partial charge is 0.257 e. The van der Waals surface area contributed by atoms with Crippen LogP contribution in [0.1, 0.15) is 24.8 Å². The lowest BCUT2D eigenvalue weighted by molar-refractivity contribution is 0.263. The molecule has 7 nitrogen and oxygen atoms in total. The molecule has 0 radical (unpaired) electrons. The summed E-state index contributed by atoms with van der Waals surface area (Å²) in [6.45, 7) is 5.68. The second-order valence-corrected chi connectivity index (χ2v) is 7.76. The molecule has 0 bridgehead atoms. The molecule has 0 spiro atoms. The van der Waals surface area contributed by atoms with Crippen LogP contribution < -0.4 is 14.8 Å². The normalized spacial score (nSPS) is 14.2. The maximum absolute atomic E-state index is 14.4. The fourth-order valence-corrected chi connectivity index (χ4v) is 3.80. The van der Waals surface area contributed by atoms with Crippen molar-refractivity contribution in [2.45, 2.75) is 26.2 Å². The van der Waals surface area contributed by atoms with Gasteiger partial charge in [0.1, 0.15) is 23.0 Å². The maximum atomic E-state index is 14.4. The van der Waals surface area contributed by atoms with Gasteiger partial charge in [0.25, 0.3) is 5.88 Å². The van der Waals surface area contributed by atoms with E-state index in [-0.39, 0.29) is 17.3 Å². The van der Waals surface area contributed by atoms with Gasteiger partial charge in [0.05, 0.1) is 24.9 Å². The molecular weight excluding hydrogens is 399 g/mol. The molecule has 0 atom stereocenters. The third kappa shape index (κ3) is 4.80. The van der Waals surface area contributed by atoms with Crippen molar-refractivity contribution < 1.29 is 19.0 Å². The summed E-state index contributed by atoms with van der Waals surface area (Å²) < 4.78 is 25.6. The first-order valence-electron chi connectivity index (χ1n) is 10.5. The summed E-state index contributed by atoms with van der Waals surface area (Å²) >= 11 is 0. The molecule has 0 unspecified atom stereocenters. The first-order chi connectivity index (χ1) is 15.0. The van der Waals surface area contributed by atoms with E-state index in [1.165, 1.54) is 45.2 Å². The predicted molar refractivity (Wildman–Crippen MR) is 118 cm³/mol. The molecule has 1 saturated heterocycles. The topological polar surface area (TPSA) is 79.7 Å². The highest BCUT2D eigenvalue weighted by atomic mass is 19.1. The van der Waals surface area contributed by atoms with Gasteiger partial charge in [0.15, 0.2) is 0 Å². The SMILES string of the molecule is COc1nnc2cc(OCCCN3CCCC3)ccc2c1Nc1cc(O)c(C)cc1F. The number of fused-ring (bicyclic) bond motifs is 1. The fraction of sp³-hybridized carbons (Fsp3) is 0.391. The van der Waals surface area contributed by atoms with Crippen LogP contribution in [0.5, 0.6) is 17.4 Å². The van der Waals surface area contributed by atoms with Crippen LogP contribution in [0.2, 0.25) is 0 Å². The highest BCUT2D eigenvalue weighted by Crippen LogP contribution is 2.36. The van der Waals surface area contributed by atoms with Gasteiger partial charge in [0, 0.05) is 24.1 Å². The van der Waals surface area contributed by atoms with E-state index in [2.05, 4.69) is 20.4 Å². The highest BCUT2D eigenvalue weighted by Gasteiger charge is 2.16. The van der Waals surface area contributed by atoms with Crippen LogP contribution in [0.25, 0.3) is 10.9 Å². The second kappa shape index (κ2) is 9.34. The van der Waals surface area contributed by atoms with Crippen molar-refractivity contribution in [3.05, 3.63) is 41.7 Å². The van der Waals surface area contributed by atoms with Crippen LogP contribution in [0.3, 0.4) is 0 Å². The third-order valence-electron chi connectivity index (χ3n) is 5.53. The Morgan fingerprint density at radius 2 is 1.97 bits per heavy atom. The number of nitrogens with zero attached hydrogens (tertiary/aromatic N) is 3. The zero-order valence-corrected chi connectivity index (χ0v) is 17.8. The van der Waals surface area contributed by atoms with Crippen molar-refractivity contribution in [1.82, 2.24) is 15.1 Å². The molecule has 2 aromatic carbocycles. The minimum Gasteiger partial charge on any atom is -0.508 e. The lowest BCUT2D eigenvalue weighted by Gasteiger charge is -2.15. The van der Waals surface area contributed by atoms with Gasteiger partial charge in [-0.05, 0) is 63.0 Å². The van der Waals surface area contributed by atoms with E-state index in [1.54, 1.807) is 6.92 Å². The Balaban J connectivity index is 1.53. The molecule has 31 heavy (non-hydrogen) atoms. The van der Waals surface area contributed by atoms with E-state index in [0.717, 1.165) is 13.0 Å². The van der Waals surface area contributed by atoms with E-state index in [1.807, 2.05) is 18.2 Å². The number of aromatic nitrogens is 2. The van der Waals surface area contributed by atoms with Gasteiger partial charge in [-0.25, -0.2) is 4.39 Å². The second-order valence-electron chi connectivity index (χ2n) is 7.76. The van der Waals surface area contributed by atoms with E-state index in [9.17, 15) is 9.50 Å². The Morgan fingerprint density at radius 1 is 1.16 bits per heavy atom. The van der Waals surface area contributed by atoms with E-state index < -0.39 is 5.82 Å². The van der Waals surface area contributed by atoms with Crippen molar-refractivity contribution in [2.24, 2.45) is 0 Å². The van der Waals surface area contributed by atoms with Crippen molar-refractivity contribution in [1.29, 1.82) is 0 Å². The summed E-state index contributed by atoms with van der Waals surface area (Å²) in [4.78, 5) is 2.46. The largest absolute Gasteiger partial charge is 0.508 e. The van der Waals surface area contributed by atoms with E-state index in [4.69, 9.17) is 9.47 Å². The molecule has 3 aromatic rings. The Morgan fingerprint density at radius 3 is 2.74 bits per heavy atom. The standard InChI is InChI=1S/C23H27FN4O3/c1-15-12-18(24)20(14-21(15)29)25-22-17-7-6-16(13-19(17)26-27-23(22)30-2)31-11-5-10-28-8-3-4-9-28/h6-7,12-14,29H,3-5,8-11H2,1-2H3,(H,25,26). The number of likely N-dealkylation sites (tertiary alicyclic amines) is 1. The molecule has 0 amide bonds. The zero-order valence-electron chi connectivity index (χ0n) is 17.8. The Kier molecular flexibility index (Phi) is 6.36. The quantitative estimate of drug-likeness (QED) is 0.517. The van der Waals surface area contributed by atoms with Crippen molar-refractivity contribution in [3.63, 3.8) is 0 Å². The average Bonchev–Trinajstić information content (AvgIpc) is 3.28. The Bertz CT molecular complexity index is 1070. The molecule has 1 aliphatic rings. The number of halogens is 1.